The van der Waals surface area contributed by atoms with E-state index in [0.29, 0.717) is 0 Å². The minimum Gasteiger partial charge on any atom is -0.244 e. The van der Waals surface area contributed by atoms with Crippen LogP contribution in [0.5, 0.6) is 0 Å². The molecule has 0 aliphatic rings. The Bertz CT molecular complexity index is 379. The van der Waals surface area contributed by atoms with Crippen molar-refractivity contribution in [2.45, 2.75) is 31.0 Å². The molecular weight excluding hydrogens is 186 g/mol. The van der Waals surface area contributed by atoms with E-state index in [1.54, 1.807) is 32.2 Å². The molecule has 0 aliphatic heterocycles. The number of hydrogen-bond donors (Lipinski definition) is 0. The molecule has 0 atom stereocenters. The molecule has 0 unspecified atom stereocenters. The van der Waals surface area contributed by atoms with Crippen LogP contribution < -0.4 is 0 Å². The number of aryl methyl sites for hydroxylation is 1. The van der Waals surface area contributed by atoms with Crippen LogP contribution in [-0.4, -0.2) is 18.7 Å². The van der Waals surface area contributed by atoms with Gasteiger partial charge in [-0.25, -0.2) is 13.4 Å². The number of nitrogens with zero attached hydrogens (tertiary/aromatic N) is 1. The Morgan fingerprint density at radius 1 is 1.31 bits per heavy atom. The van der Waals surface area contributed by atoms with Gasteiger partial charge in [0.1, 0.15) is 0 Å². The summed E-state index contributed by atoms with van der Waals surface area (Å²) in [4.78, 5) is 3.88. The van der Waals surface area contributed by atoms with E-state index in [-0.39, 0.29) is 5.03 Å². The van der Waals surface area contributed by atoms with Crippen LogP contribution in [-0.2, 0) is 9.84 Å². The second kappa shape index (κ2) is 3.46. The van der Waals surface area contributed by atoms with Crippen molar-refractivity contribution in [3.8, 4) is 0 Å². The van der Waals surface area contributed by atoms with Gasteiger partial charge in [-0.2, -0.15) is 0 Å². The van der Waals surface area contributed by atoms with Crippen molar-refractivity contribution in [2.75, 3.05) is 0 Å². The lowest BCUT2D eigenvalue weighted by atomic mass is 10.3. The Labute approximate surface area is 78.7 Å². The number of rotatable bonds is 2. The third-order valence-electron chi connectivity index (χ3n) is 1.80. The summed E-state index contributed by atoms with van der Waals surface area (Å²) in [6.07, 6.45) is 1.56. The maximum Gasteiger partial charge on any atom is 0.197 e. The number of aromatic nitrogens is 1. The minimum atomic E-state index is -3.20. The molecule has 0 N–H and O–H groups in total. The van der Waals surface area contributed by atoms with Crippen molar-refractivity contribution in [2.24, 2.45) is 0 Å². The van der Waals surface area contributed by atoms with Gasteiger partial charge in [-0.1, -0.05) is 6.07 Å². The van der Waals surface area contributed by atoms with Gasteiger partial charge in [0.25, 0.3) is 0 Å². The second-order valence-corrected chi connectivity index (χ2v) is 5.72. The first kappa shape index (κ1) is 10.2. The lowest BCUT2D eigenvalue weighted by Gasteiger charge is -2.06. The highest BCUT2D eigenvalue weighted by Crippen LogP contribution is 2.12. The molecule has 0 amide bonds. The molecule has 0 spiro atoms. The summed E-state index contributed by atoms with van der Waals surface area (Å²) in [5.74, 6) is 0. The standard InChI is InChI=1S/C9H13NO2S/c1-7(2)13(11,12)9-5-4-8(3)6-10-9/h4-7H,1-3H3. The molecule has 1 heterocycles. The van der Waals surface area contributed by atoms with Gasteiger partial charge in [-0.3, -0.25) is 0 Å². The zero-order valence-electron chi connectivity index (χ0n) is 7.98. The molecule has 0 saturated carbocycles. The molecule has 0 radical (unpaired) electrons. The SMILES string of the molecule is Cc1ccc(S(=O)(=O)C(C)C)nc1. The van der Waals surface area contributed by atoms with Crippen LogP contribution in [0.1, 0.15) is 19.4 Å². The molecule has 0 bridgehead atoms. The van der Waals surface area contributed by atoms with Crippen LogP contribution in [0.25, 0.3) is 0 Å². The van der Waals surface area contributed by atoms with Crippen molar-refractivity contribution in [3.63, 3.8) is 0 Å². The van der Waals surface area contributed by atoms with Crippen LogP contribution in [0.4, 0.5) is 0 Å². The Hall–Kier alpha value is -0.900. The van der Waals surface area contributed by atoms with E-state index in [0.717, 1.165) is 5.56 Å². The van der Waals surface area contributed by atoms with Gasteiger partial charge < -0.3 is 0 Å². The number of hydrogen-bond acceptors (Lipinski definition) is 3. The van der Waals surface area contributed by atoms with Gasteiger partial charge in [0.2, 0.25) is 0 Å². The summed E-state index contributed by atoms with van der Waals surface area (Å²) >= 11 is 0. The molecule has 0 aromatic carbocycles. The molecule has 1 aromatic heterocycles. The predicted octanol–water partition coefficient (Wildman–Crippen LogP) is 1.57. The van der Waals surface area contributed by atoms with Gasteiger partial charge >= 0.3 is 0 Å². The topological polar surface area (TPSA) is 47.0 Å². The van der Waals surface area contributed by atoms with E-state index >= 15 is 0 Å². The monoisotopic (exact) mass is 199 g/mol. The average Bonchev–Trinajstić information content (AvgIpc) is 2.04. The predicted molar refractivity (Wildman–Crippen MR) is 51.3 cm³/mol. The average molecular weight is 199 g/mol. The fourth-order valence-corrected chi connectivity index (χ4v) is 1.80. The van der Waals surface area contributed by atoms with E-state index in [1.165, 1.54) is 0 Å². The Balaban J connectivity index is 3.17. The van der Waals surface area contributed by atoms with Crippen molar-refractivity contribution >= 4 is 9.84 Å². The maximum absolute atomic E-state index is 11.6. The smallest absolute Gasteiger partial charge is 0.197 e. The van der Waals surface area contributed by atoms with Gasteiger partial charge in [0, 0.05) is 6.20 Å². The molecule has 1 aromatic rings. The third kappa shape index (κ3) is 2.06. The Morgan fingerprint density at radius 3 is 2.31 bits per heavy atom. The van der Waals surface area contributed by atoms with E-state index in [1.807, 2.05) is 6.92 Å². The van der Waals surface area contributed by atoms with Gasteiger partial charge in [0.05, 0.1) is 5.25 Å². The lowest BCUT2D eigenvalue weighted by Crippen LogP contribution is -2.15. The van der Waals surface area contributed by atoms with Crippen LogP contribution in [0, 0.1) is 6.92 Å². The highest BCUT2D eigenvalue weighted by Gasteiger charge is 2.19. The molecule has 0 saturated heterocycles. The highest BCUT2D eigenvalue weighted by molar-refractivity contribution is 7.91. The van der Waals surface area contributed by atoms with Crippen LogP contribution in [0.3, 0.4) is 0 Å². The van der Waals surface area contributed by atoms with Crippen molar-refractivity contribution in [3.05, 3.63) is 23.9 Å². The molecule has 13 heavy (non-hydrogen) atoms. The van der Waals surface area contributed by atoms with Crippen LogP contribution in [0.15, 0.2) is 23.4 Å². The van der Waals surface area contributed by atoms with Gasteiger partial charge in [-0.05, 0) is 32.4 Å². The van der Waals surface area contributed by atoms with E-state index in [4.69, 9.17) is 0 Å². The fourth-order valence-electron chi connectivity index (χ4n) is 0.864. The molecular formula is C9H13NO2S. The molecule has 1 rings (SSSR count). The minimum absolute atomic E-state index is 0.160. The summed E-state index contributed by atoms with van der Waals surface area (Å²) in [6.45, 7) is 5.17. The number of sulfone groups is 1. The fraction of sp³-hybridized carbons (Fsp3) is 0.444. The summed E-state index contributed by atoms with van der Waals surface area (Å²) in [6, 6.07) is 3.30. The lowest BCUT2D eigenvalue weighted by molar-refractivity contribution is 0.583. The second-order valence-electron chi connectivity index (χ2n) is 3.27. The Kier molecular flexibility index (Phi) is 2.71. The van der Waals surface area contributed by atoms with Crippen LogP contribution in [0.2, 0.25) is 0 Å². The summed E-state index contributed by atoms with van der Waals surface area (Å²) in [7, 11) is -3.20. The highest BCUT2D eigenvalue weighted by atomic mass is 32.2. The molecule has 3 nitrogen and oxygen atoms in total. The quantitative estimate of drug-likeness (QED) is 0.726. The molecule has 0 aliphatic carbocycles. The first-order valence-corrected chi connectivity index (χ1v) is 5.66. The van der Waals surface area contributed by atoms with Crippen molar-refractivity contribution in [1.82, 2.24) is 4.98 Å². The Morgan fingerprint density at radius 2 is 1.92 bits per heavy atom. The zero-order valence-corrected chi connectivity index (χ0v) is 8.80. The van der Waals surface area contributed by atoms with Crippen molar-refractivity contribution in [1.29, 1.82) is 0 Å². The first-order valence-electron chi connectivity index (χ1n) is 4.11. The van der Waals surface area contributed by atoms with Crippen molar-refractivity contribution < 1.29 is 8.42 Å². The third-order valence-corrected chi connectivity index (χ3v) is 3.86. The van der Waals surface area contributed by atoms with Gasteiger partial charge in [-0.15, -0.1) is 0 Å². The number of pyridine rings is 1. The molecule has 4 heteroatoms. The summed E-state index contributed by atoms with van der Waals surface area (Å²) < 4.78 is 23.2. The van der Waals surface area contributed by atoms with E-state index in [9.17, 15) is 8.42 Å². The molecule has 72 valence electrons. The van der Waals surface area contributed by atoms with Crippen LogP contribution >= 0.6 is 0 Å². The zero-order chi connectivity index (χ0) is 10.1. The van der Waals surface area contributed by atoms with E-state index in [2.05, 4.69) is 4.98 Å². The maximum atomic E-state index is 11.6. The normalized spacial score (nSPS) is 12.0. The summed E-state index contributed by atoms with van der Waals surface area (Å²) in [5.41, 5.74) is 0.961. The first-order chi connectivity index (χ1) is 5.94. The van der Waals surface area contributed by atoms with E-state index < -0.39 is 15.1 Å². The molecule has 0 fully saturated rings. The van der Waals surface area contributed by atoms with Gasteiger partial charge in [0.15, 0.2) is 14.9 Å². The summed E-state index contributed by atoms with van der Waals surface area (Å²) in [5, 5.41) is -0.254. The largest absolute Gasteiger partial charge is 0.244 e.